The molecule has 1 aromatic carbocycles. The Kier molecular flexibility index (Phi) is 5.69. The van der Waals surface area contributed by atoms with Gasteiger partial charge in [0.2, 0.25) is 5.91 Å². The third-order valence-electron chi connectivity index (χ3n) is 7.20. The van der Waals surface area contributed by atoms with Gasteiger partial charge in [0.05, 0.1) is 19.3 Å². The van der Waals surface area contributed by atoms with Gasteiger partial charge in [-0.25, -0.2) is 4.79 Å². The average molecular weight is 442 g/mol. The SMILES string of the molecule is O=C1NC2(CCCC2)C(=O)N1CCCC(=O)N1CCC[C@@H]1c1ccc2c(c1)OCCCO2. The van der Waals surface area contributed by atoms with Crippen molar-refractivity contribution in [2.24, 2.45) is 0 Å². The average Bonchev–Trinajstić information content (AvgIpc) is 3.47. The summed E-state index contributed by atoms with van der Waals surface area (Å²) < 4.78 is 11.5. The van der Waals surface area contributed by atoms with E-state index in [1.165, 1.54) is 4.90 Å². The predicted molar refractivity (Wildman–Crippen MR) is 116 cm³/mol. The van der Waals surface area contributed by atoms with Gasteiger partial charge in [0, 0.05) is 25.9 Å². The molecule has 1 N–H and O–H groups in total. The molecule has 0 bridgehead atoms. The fourth-order valence-electron chi connectivity index (χ4n) is 5.53. The predicted octanol–water partition coefficient (Wildman–Crippen LogP) is 3.16. The van der Waals surface area contributed by atoms with E-state index in [9.17, 15) is 14.4 Å². The fourth-order valence-corrected chi connectivity index (χ4v) is 5.53. The molecule has 32 heavy (non-hydrogen) atoms. The maximum Gasteiger partial charge on any atom is 0.325 e. The van der Waals surface area contributed by atoms with Crippen molar-refractivity contribution >= 4 is 17.8 Å². The molecular weight excluding hydrogens is 410 g/mol. The summed E-state index contributed by atoms with van der Waals surface area (Å²) in [4.78, 5) is 41.4. The maximum absolute atomic E-state index is 13.0. The number of nitrogens with one attached hydrogen (secondary N) is 1. The Bertz CT molecular complexity index is 911. The summed E-state index contributed by atoms with van der Waals surface area (Å²) in [5, 5.41) is 2.90. The molecule has 3 heterocycles. The molecule has 8 nitrogen and oxygen atoms in total. The minimum absolute atomic E-state index is 0.0260. The molecule has 0 aromatic heterocycles. The minimum atomic E-state index is -0.682. The smallest absolute Gasteiger partial charge is 0.325 e. The summed E-state index contributed by atoms with van der Waals surface area (Å²) in [5.41, 5.74) is 0.385. The minimum Gasteiger partial charge on any atom is -0.490 e. The molecule has 4 amide bonds. The molecule has 1 aliphatic carbocycles. The second kappa shape index (κ2) is 8.64. The number of fused-ring (bicyclic) bond motifs is 1. The maximum atomic E-state index is 13.0. The number of amides is 4. The van der Waals surface area contributed by atoms with E-state index in [4.69, 9.17) is 9.47 Å². The van der Waals surface area contributed by atoms with Crippen LogP contribution in [0.5, 0.6) is 11.5 Å². The zero-order valence-electron chi connectivity index (χ0n) is 18.4. The number of rotatable bonds is 5. The molecule has 1 aromatic rings. The van der Waals surface area contributed by atoms with Crippen LogP contribution in [0, 0.1) is 0 Å². The van der Waals surface area contributed by atoms with Gasteiger partial charge >= 0.3 is 6.03 Å². The molecule has 5 rings (SSSR count). The van der Waals surface area contributed by atoms with Crippen LogP contribution in [-0.4, -0.2) is 59.5 Å². The van der Waals surface area contributed by atoms with E-state index in [1.807, 2.05) is 23.1 Å². The van der Waals surface area contributed by atoms with E-state index in [0.29, 0.717) is 32.6 Å². The lowest BCUT2D eigenvalue weighted by Crippen LogP contribution is -2.44. The normalized spacial score (nSPS) is 24.2. The third-order valence-corrected chi connectivity index (χ3v) is 7.20. The van der Waals surface area contributed by atoms with Gasteiger partial charge in [-0.15, -0.1) is 0 Å². The summed E-state index contributed by atoms with van der Waals surface area (Å²) in [6.07, 6.45) is 6.92. The Morgan fingerprint density at radius 1 is 1.06 bits per heavy atom. The van der Waals surface area contributed by atoms with Crippen LogP contribution in [0.2, 0.25) is 0 Å². The van der Waals surface area contributed by atoms with Crippen molar-refractivity contribution in [3.8, 4) is 11.5 Å². The highest BCUT2D eigenvalue weighted by Gasteiger charge is 2.52. The number of carbonyl (C=O) groups is 3. The first-order valence-electron chi connectivity index (χ1n) is 11.9. The van der Waals surface area contributed by atoms with Crippen molar-refractivity contribution in [2.45, 2.75) is 69.4 Å². The van der Waals surface area contributed by atoms with Gasteiger partial charge in [0.25, 0.3) is 5.91 Å². The van der Waals surface area contributed by atoms with Gasteiger partial charge in [-0.05, 0) is 49.8 Å². The van der Waals surface area contributed by atoms with Crippen LogP contribution in [0.1, 0.15) is 69.4 Å². The van der Waals surface area contributed by atoms with Crippen LogP contribution in [0.4, 0.5) is 4.79 Å². The Hall–Kier alpha value is -2.77. The lowest BCUT2D eigenvalue weighted by molar-refractivity contribution is -0.134. The van der Waals surface area contributed by atoms with Crippen molar-refractivity contribution in [2.75, 3.05) is 26.3 Å². The molecule has 8 heteroatoms. The summed E-state index contributed by atoms with van der Waals surface area (Å²) in [7, 11) is 0. The highest BCUT2D eigenvalue weighted by atomic mass is 16.5. The van der Waals surface area contributed by atoms with Crippen LogP contribution in [0.25, 0.3) is 0 Å². The highest BCUT2D eigenvalue weighted by Crippen LogP contribution is 2.38. The number of nitrogens with zero attached hydrogens (tertiary/aromatic N) is 2. The van der Waals surface area contributed by atoms with E-state index < -0.39 is 5.54 Å². The fraction of sp³-hybridized carbons (Fsp3) is 0.625. The third kappa shape index (κ3) is 3.80. The van der Waals surface area contributed by atoms with E-state index in [1.54, 1.807) is 0 Å². The number of imide groups is 1. The number of ether oxygens (including phenoxy) is 2. The largest absolute Gasteiger partial charge is 0.490 e. The van der Waals surface area contributed by atoms with Crippen LogP contribution in [0.3, 0.4) is 0 Å². The van der Waals surface area contributed by atoms with E-state index in [-0.39, 0.29) is 23.9 Å². The molecule has 172 valence electrons. The quantitative estimate of drug-likeness (QED) is 0.709. The number of hydrogen-bond acceptors (Lipinski definition) is 5. The number of likely N-dealkylation sites (tertiary alicyclic amines) is 1. The molecule has 1 spiro atoms. The molecule has 3 fully saturated rings. The molecule has 1 saturated carbocycles. The first kappa shape index (κ1) is 21.1. The zero-order chi connectivity index (χ0) is 22.1. The van der Waals surface area contributed by atoms with E-state index >= 15 is 0 Å². The number of hydrogen-bond donors (Lipinski definition) is 1. The first-order chi connectivity index (χ1) is 15.6. The Morgan fingerprint density at radius 2 is 1.84 bits per heavy atom. The molecule has 0 radical (unpaired) electrons. The summed E-state index contributed by atoms with van der Waals surface area (Å²) in [6, 6.07) is 5.69. The molecule has 2 saturated heterocycles. The van der Waals surface area contributed by atoms with Gasteiger partial charge in [-0.3, -0.25) is 14.5 Å². The summed E-state index contributed by atoms with van der Waals surface area (Å²) >= 11 is 0. The van der Waals surface area contributed by atoms with Crippen LogP contribution in [-0.2, 0) is 9.59 Å². The van der Waals surface area contributed by atoms with E-state index in [0.717, 1.165) is 68.6 Å². The van der Waals surface area contributed by atoms with Crippen LogP contribution < -0.4 is 14.8 Å². The lowest BCUT2D eigenvalue weighted by atomic mass is 9.98. The Labute approximate surface area is 188 Å². The topological polar surface area (TPSA) is 88.2 Å². The van der Waals surface area contributed by atoms with Gasteiger partial charge in [-0.1, -0.05) is 18.9 Å². The zero-order valence-corrected chi connectivity index (χ0v) is 18.4. The van der Waals surface area contributed by atoms with E-state index in [2.05, 4.69) is 5.32 Å². The summed E-state index contributed by atoms with van der Waals surface area (Å²) in [6.45, 7) is 2.30. The standard InChI is InChI=1S/C24H31N3O5/c28-21(7-4-13-27-22(29)24(25-23(27)30)10-1-2-11-24)26-12-3-6-18(26)17-8-9-19-20(16-17)32-15-5-14-31-19/h8-9,16,18H,1-7,10-15H2,(H,25,30)/t18-/m1/s1. The van der Waals surface area contributed by atoms with Crippen LogP contribution >= 0.6 is 0 Å². The second-order valence-electron chi connectivity index (χ2n) is 9.28. The molecule has 0 unspecified atom stereocenters. The number of urea groups is 1. The number of carbonyl (C=O) groups excluding carboxylic acids is 3. The van der Waals surface area contributed by atoms with Crippen molar-refractivity contribution in [1.29, 1.82) is 0 Å². The molecule has 1 atom stereocenters. The highest BCUT2D eigenvalue weighted by molar-refractivity contribution is 6.07. The number of benzene rings is 1. The van der Waals surface area contributed by atoms with Gasteiger partial charge in [0.15, 0.2) is 11.5 Å². The van der Waals surface area contributed by atoms with Crippen molar-refractivity contribution < 1.29 is 23.9 Å². The van der Waals surface area contributed by atoms with Gasteiger partial charge in [-0.2, -0.15) is 0 Å². The lowest BCUT2D eigenvalue weighted by Gasteiger charge is -2.26. The van der Waals surface area contributed by atoms with Gasteiger partial charge < -0.3 is 19.7 Å². The van der Waals surface area contributed by atoms with Crippen molar-refractivity contribution in [3.63, 3.8) is 0 Å². The van der Waals surface area contributed by atoms with Crippen molar-refractivity contribution in [1.82, 2.24) is 15.1 Å². The van der Waals surface area contributed by atoms with Gasteiger partial charge in [0.1, 0.15) is 5.54 Å². The van der Waals surface area contributed by atoms with Crippen LogP contribution in [0.15, 0.2) is 18.2 Å². The summed E-state index contributed by atoms with van der Waals surface area (Å²) in [5.74, 6) is 1.47. The van der Waals surface area contributed by atoms with Crippen molar-refractivity contribution in [3.05, 3.63) is 23.8 Å². The Morgan fingerprint density at radius 3 is 2.66 bits per heavy atom. The molecule has 4 aliphatic rings. The Balaban J connectivity index is 1.19. The monoisotopic (exact) mass is 441 g/mol. The second-order valence-corrected chi connectivity index (χ2v) is 9.28. The molecule has 3 aliphatic heterocycles. The molecular formula is C24H31N3O5. The first-order valence-corrected chi connectivity index (χ1v) is 11.9.